The Balaban J connectivity index is 1.64. The summed E-state index contributed by atoms with van der Waals surface area (Å²) in [6.45, 7) is 5.93. The van der Waals surface area contributed by atoms with Crippen LogP contribution >= 0.6 is 0 Å². The summed E-state index contributed by atoms with van der Waals surface area (Å²) in [7, 11) is 0. The molecule has 2 atom stereocenters. The van der Waals surface area contributed by atoms with Crippen LogP contribution in [0.25, 0.3) is 0 Å². The number of benzene rings is 2. The highest BCUT2D eigenvalue weighted by Crippen LogP contribution is 2.21. The van der Waals surface area contributed by atoms with Gasteiger partial charge in [0.05, 0.1) is 12.5 Å². The summed E-state index contributed by atoms with van der Waals surface area (Å²) in [5.74, 6) is 0.0459. The second-order valence-electron chi connectivity index (χ2n) is 7.43. The molecule has 0 radical (unpaired) electrons. The summed E-state index contributed by atoms with van der Waals surface area (Å²) >= 11 is 0. The van der Waals surface area contributed by atoms with E-state index in [9.17, 15) is 9.59 Å². The van der Waals surface area contributed by atoms with Gasteiger partial charge in [-0.3, -0.25) is 14.5 Å². The number of likely N-dealkylation sites (N-methyl/N-ethyl adjacent to an activating group) is 1. The molecule has 0 saturated carbocycles. The molecule has 0 aromatic heterocycles. The first-order chi connectivity index (χ1) is 13.6. The Hall–Kier alpha value is -2.66. The van der Waals surface area contributed by atoms with E-state index in [0.29, 0.717) is 32.5 Å². The quantitative estimate of drug-likeness (QED) is 0.777. The Labute approximate surface area is 167 Å². The molecule has 0 spiro atoms. The lowest BCUT2D eigenvalue weighted by molar-refractivity contribution is -0.125. The number of amides is 2. The molecule has 2 N–H and O–H groups in total. The number of aryl methyl sites for hydroxylation is 1. The van der Waals surface area contributed by atoms with Crippen LogP contribution in [0.5, 0.6) is 0 Å². The number of carbonyl (C=O) groups excluding carboxylic acids is 2. The zero-order valence-electron chi connectivity index (χ0n) is 16.7. The molecule has 148 valence electrons. The van der Waals surface area contributed by atoms with E-state index in [2.05, 4.69) is 27.7 Å². The smallest absolute Gasteiger partial charge is 0.237 e. The third-order valence-corrected chi connectivity index (χ3v) is 5.26. The van der Waals surface area contributed by atoms with Gasteiger partial charge in [-0.05, 0) is 37.0 Å². The van der Waals surface area contributed by atoms with Gasteiger partial charge >= 0.3 is 0 Å². The number of hydrogen-bond acceptors (Lipinski definition) is 3. The monoisotopic (exact) mass is 379 g/mol. The lowest BCUT2D eigenvalue weighted by Gasteiger charge is -2.23. The van der Waals surface area contributed by atoms with E-state index in [1.54, 1.807) is 0 Å². The van der Waals surface area contributed by atoms with Crippen LogP contribution in [0.2, 0.25) is 0 Å². The first-order valence-electron chi connectivity index (χ1n) is 9.96. The summed E-state index contributed by atoms with van der Waals surface area (Å²) in [6.07, 6.45) is 1.01. The second kappa shape index (κ2) is 9.51. The van der Waals surface area contributed by atoms with Crippen molar-refractivity contribution in [3.05, 3.63) is 71.3 Å². The van der Waals surface area contributed by atoms with E-state index < -0.39 is 0 Å². The van der Waals surface area contributed by atoms with Gasteiger partial charge in [-0.2, -0.15) is 0 Å². The molecule has 1 saturated heterocycles. The average molecular weight is 380 g/mol. The Kier molecular flexibility index (Phi) is 6.82. The van der Waals surface area contributed by atoms with Crippen molar-refractivity contribution in [1.82, 2.24) is 15.5 Å². The van der Waals surface area contributed by atoms with Crippen LogP contribution < -0.4 is 10.6 Å². The van der Waals surface area contributed by atoms with Crippen molar-refractivity contribution in [2.75, 3.05) is 13.1 Å². The fraction of sp³-hybridized carbons (Fsp3) is 0.391. The number of carbonyl (C=O) groups is 2. The topological polar surface area (TPSA) is 61.4 Å². The zero-order valence-corrected chi connectivity index (χ0v) is 16.7. The first-order valence-corrected chi connectivity index (χ1v) is 9.96. The van der Waals surface area contributed by atoms with Crippen molar-refractivity contribution in [3.8, 4) is 0 Å². The van der Waals surface area contributed by atoms with Gasteiger partial charge in [0, 0.05) is 25.7 Å². The van der Waals surface area contributed by atoms with Crippen molar-refractivity contribution < 1.29 is 9.59 Å². The third kappa shape index (κ3) is 5.20. The van der Waals surface area contributed by atoms with Crippen molar-refractivity contribution in [3.63, 3.8) is 0 Å². The van der Waals surface area contributed by atoms with Crippen LogP contribution in [-0.2, 0) is 22.6 Å². The maximum Gasteiger partial charge on any atom is 0.237 e. The molecular formula is C23H29N3O2. The highest BCUT2D eigenvalue weighted by Gasteiger charge is 2.37. The number of hydrogen-bond donors (Lipinski definition) is 2. The summed E-state index contributed by atoms with van der Waals surface area (Å²) < 4.78 is 0. The van der Waals surface area contributed by atoms with Gasteiger partial charge in [0.1, 0.15) is 0 Å². The molecular weight excluding hydrogens is 350 g/mol. The van der Waals surface area contributed by atoms with Gasteiger partial charge in [-0.15, -0.1) is 0 Å². The largest absolute Gasteiger partial charge is 0.355 e. The Morgan fingerprint density at radius 3 is 2.50 bits per heavy atom. The minimum atomic E-state index is -0.219. The molecule has 28 heavy (non-hydrogen) atoms. The third-order valence-electron chi connectivity index (χ3n) is 5.26. The van der Waals surface area contributed by atoms with E-state index in [0.717, 1.165) is 11.1 Å². The predicted molar refractivity (Wildman–Crippen MR) is 111 cm³/mol. The molecule has 3 rings (SSSR count). The highest BCUT2D eigenvalue weighted by atomic mass is 16.2. The van der Waals surface area contributed by atoms with Crippen LogP contribution in [0.3, 0.4) is 0 Å². The second-order valence-corrected chi connectivity index (χ2v) is 7.43. The van der Waals surface area contributed by atoms with Gasteiger partial charge in [-0.1, -0.05) is 54.6 Å². The molecule has 2 aromatic rings. The summed E-state index contributed by atoms with van der Waals surface area (Å²) in [5.41, 5.74) is 3.33. The normalized spacial score (nSPS) is 19.4. The Bertz CT molecular complexity index is 807. The number of nitrogens with one attached hydrogen (secondary N) is 2. The van der Waals surface area contributed by atoms with E-state index in [1.807, 2.05) is 56.3 Å². The molecule has 1 aliphatic rings. The highest BCUT2D eigenvalue weighted by molar-refractivity contribution is 5.83. The molecule has 1 aliphatic heterocycles. The minimum absolute atomic E-state index is 0.00973. The summed E-state index contributed by atoms with van der Waals surface area (Å²) in [4.78, 5) is 27.3. The van der Waals surface area contributed by atoms with E-state index >= 15 is 0 Å². The molecule has 2 amide bonds. The molecule has 1 heterocycles. The predicted octanol–water partition coefficient (Wildman–Crippen LogP) is 2.43. The van der Waals surface area contributed by atoms with Crippen molar-refractivity contribution in [2.45, 2.75) is 45.3 Å². The van der Waals surface area contributed by atoms with Gasteiger partial charge in [-0.25, -0.2) is 0 Å². The number of nitrogens with zero attached hydrogens (tertiary/aromatic N) is 1. The Morgan fingerprint density at radius 1 is 1.07 bits per heavy atom. The number of rotatable bonds is 7. The van der Waals surface area contributed by atoms with E-state index in [1.165, 1.54) is 5.56 Å². The number of likely N-dealkylation sites (tertiary alicyclic amines) is 1. The van der Waals surface area contributed by atoms with Crippen LogP contribution in [0.15, 0.2) is 54.6 Å². The van der Waals surface area contributed by atoms with Gasteiger partial charge in [0.25, 0.3) is 0 Å². The molecule has 1 fully saturated rings. The molecule has 2 aromatic carbocycles. The standard InChI is InChI=1S/C23H29N3O2/c1-3-24-23(28)21-14-20(16-26(21)15-18-10-5-4-6-11-18)25-22(27)13-19-12-8-7-9-17(19)2/h4-12,20-21H,3,13-16H2,1-2H3,(H,24,28)(H,25,27). The lowest BCUT2D eigenvalue weighted by Crippen LogP contribution is -2.42. The van der Waals surface area contributed by atoms with Crippen LogP contribution in [0.1, 0.15) is 30.0 Å². The molecule has 0 aliphatic carbocycles. The molecule has 5 heteroatoms. The molecule has 5 nitrogen and oxygen atoms in total. The van der Waals surface area contributed by atoms with Gasteiger partial charge < -0.3 is 10.6 Å². The first kappa shape index (κ1) is 20.1. The maximum atomic E-state index is 12.6. The maximum absolute atomic E-state index is 12.6. The van der Waals surface area contributed by atoms with Crippen molar-refractivity contribution in [1.29, 1.82) is 0 Å². The fourth-order valence-electron chi connectivity index (χ4n) is 3.83. The zero-order chi connectivity index (χ0) is 19.9. The summed E-state index contributed by atoms with van der Waals surface area (Å²) in [5, 5.41) is 6.07. The fourth-order valence-corrected chi connectivity index (χ4v) is 3.83. The van der Waals surface area contributed by atoms with Crippen LogP contribution in [-0.4, -0.2) is 41.9 Å². The van der Waals surface area contributed by atoms with Crippen molar-refractivity contribution in [2.24, 2.45) is 0 Å². The summed E-state index contributed by atoms with van der Waals surface area (Å²) in [6, 6.07) is 17.8. The Morgan fingerprint density at radius 2 is 1.79 bits per heavy atom. The van der Waals surface area contributed by atoms with Crippen LogP contribution in [0.4, 0.5) is 0 Å². The van der Waals surface area contributed by atoms with E-state index in [-0.39, 0.29) is 23.9 Å². The SMILES string of the molecule is CCNC(=O)C1CC(NC(=O)Cc2ccccc2C)CN1Cc1ccccc1. The minimum Gasteiger partial charge on any atom is -0.355 e. The van der Waals surface area contributed by atoms with Crippen LogP contribution in [0, 0.1) is 6.92 Å². The lowest BCUT2D eigenvalue weighted by atomic mass is 10.1. The van der Waals surface area contributed by atoms with E-state index in [4.69, 9.17) is 0 Å². The van der Waals surface area contributed by atoms with Gasteiger partial charge in [0.2, 0.25) is 11.8 Å². The van der Waals surface area contributed by atoms with Crippen molar-refractivity contribution >= 4 is 11.8 Å². The van der Waals surface area contributed by atoms with Gasteiger partial charge in [0.15, 0.2) is 0 Å². The molecule has 2 unspecified atom stereocenters. The average Bonchev–Trinajstić information content (AvgIpc) is 3.07. The molecule has 0 bridgehead atoms.